The SMILES string of the molecule is CC(C)C[C@H](O)CC[C@]1(C(=O)O)Cc2cc(O)c3c(c2N1C(=O)/C=C/c1ccc(O)c(CC2=NCN=C2)c1)CC[C@@]1(O3)O[C@H](CO)[C@@H](O)[C@H](O)[C@H]1O. The minimum absolute atomic E-state index is 0.0300. The van der Waals surface area contributed by atoms with E-state index in [1.807, 2.05) is 13.8 Å². The van der Waals surface area contributed by atoms with Crippen molar-refractivity contribution < 1.29 is 59.9 Å². The molecule has 6 rings (SSSR count). The van der Waals surface area contributed by atoms with Gasteiger partial charge in [0.05, 0.1) is 24.1 Å². The molecule has 1 spiro atoms. The molecular formula is C37H45N3O12. The minimum Gasteiger partial charge on any atom is -0.508 e. The number of carboxylic acids is 1. The molecule has 1 amide bonds. The van der Waals surface area contributed by atoms with E-state index in [1.165, 1.54) is 29.2 Å². The number of phenolic OH excluding ortho intramolecular Hbond substituents is 2. The number of carbonyl (C=O) groups is 2. The van der Waals surface area contributed by atoms with Gasteiger partial charge in [-0.25, -0.2) is 4.79 Å². The van der Waals surface area contributed by atoms with Crippen LogP contribution in [0.5, 0.6) is 17.2 Å². The van der Waals surface area contributed by atoms with Crippen LogP contribution in [0.25, 0.3) is 6.08 Å². The third kappa shape index (κ3) is 6.79. The number of aromatic hydroxyl groups is 2. The van der Waals surface area contributed by atoms with Gasteiger partial charge in [0, 0.05) is 42.7 Å². The highest BCUT2D eigenvalue weighted by Crippen LogP contribution is 2.54. The third-order valence-corrected chi connectivity index (χ3v) is 10.3. The Kier molecular flexibility index (Phi) is 10.5. The Labute approximate surface area is 299 Å². The molecule has 0 radical (unpaired) electrons. The molecule has 8 N–H and O–H groups in total. The van der Waals surface area contributed by atoms with Crippen LogP contribution in [0.4, 0.5) is 5.69 Å². The van der Waals surface area contributed by atoms with Crippen LogP contribution >= 0.6 is 0 Å². The lowest BCUT2D eigenvalue weighted by Gasteiger charge is -2.50. The van der Waals surface area contributed by atoms with Crippen molar-refractivity contribution in [2.24, 2.45) is 15.9 Å². The normalized spacial score (nSPS) is 28.6. The molecule has 52 heavy (non-hydrogen) atoms. The molecule has 2 aromatic carbocycles. The molecule has 0 unspecified atom stereocenters. The second-order valence-electron chi connectivity index (χ2n) is 14.4. The number of benzene rings is 2. The Morgan fingerprint density at radius 2 is 1.88 bits per heavy atom. The van der Waals surface area contributed by atoms with E-state index >= 15 is 0 Å². The summed E-state index contributed by atoms with van der Waals surface area (Å²) < 4.78 is 11.9. The molecule has 4 aliphatic heterocycles. The van der Waals surface area contributed by atoms with Gasteiger partial charge < -0.3 is 50.3 Å². The minimum atomic E-state index is -1.99. The second-order valence-corrected chi connectivity index (χ2v) is 14.4. The first-order valence-electron chi connectivity index (χ1n) is 17.4. The van der Waals surface area contributed by atoms with E-state index in [1.54, 1.807) is 18.3 Å². The molecule has 1 fully saturated rings. The van der Waals surface area contributed by atoms with Crippen LogP contribution in [-0.4, -0.2) is 120 Å². The van der Waals surface area contributed by atoms with Crippen molar-refractivity contribution in [1.29, 1.82) is 0 Å². The second kappa shape index (κ2) is 14.6. The van der Waals surface area contributed by atoms with Gasteiger partial charge in [-0.1, -0.05) is 19.9 Å². The number of aliphatic carboxylic acids is 1. The van der Waals surface area contributed by atoms with Crippen molar-refractivity contribution in [2.75, 3.05) is 18.2 Å². The van der Waals surface area contributed by atoms with E-state index in [0.29, 0.717) is 41.9 Å². The zero-order valence-electron chi connectivity index (χ0n) is 28.9. The maximum Gasteiger partial charge on any atom is 0.330 e. The van der Waals surface area contributed by atoms with E-state index in [2.05, 4.69) is 9.98 Å². The predicted octanol–water partition coefficient (Wildman–Crippen LogP) is 1.23. The zero-order valence-corrected chi connectivity index (χ0v) is 28.9. The number of amides is 1. The van der Waals surface area contributed by atoms with E-state index in [-0.39, 0.29) is 60.8 Å². The number of aliphatic imine (C=N–C) groups is 2. The summed E-state index contributed by atoms with van der Waals surface area (Å²) in [4.78, 5) is 37.3. The summed E-state index contributed by atoms with van der Waals surface area (Å²) in [5.74, 6) is -4.48. The predicted molar refractivity (Wildman–Crippen MR) is 188 cm³/mol. The molecule has 0 aromatic heterocycles. The molecule has 2 aromatic rings. The van der Waals surface area contributed by atoms with E-state index < -0.39 is 66.1 Å². The monoisotopic (exact) mass is 723 g/mol. The number of rotatable bonds is 11. The number of aliphatic hydroxyl groups is 5. The van der Waals surface area contributed by atoms with Gasteiger partial charge in [-0.05, 0) is 67.0 Å². The number of anilines is 1. The maximum atomic E-state index is 14.4. The van der Waals surface area contributed by atoms with Gasteiger partial charge >= 0.3 is 5.97 Å². The summed E-state index contributed by atoms with van der Waals surface area (Å²) in [6.45, 7) is 3.48. The van der Waals surface area contributed by atoms with Crippen molar-refractivity contribution in [2.45, 2.75) is 101 Å². The first-order chi connectivity index (χ1) is 24.7. The number of hydrogen-bond donors (Lipinski definition) is 8. The summed E-state index contributed by atoms with van der Waals surface area (Å²) in [6, 6.07) is 6.07. The van der Waals surface area contributed by atoms with Gasteiger partial charge in [-0.15, -0.1) is 0 Å². The van der Waals surface area contributed by atoms with Crippen LogP contribution in [0.3, 0.4) is 0 Å². The molecule has 0 aliphatic carbocycles. The number of fused-ring (bicyclic) bond motifs is 3. The number of nitrogens with zero attached hydrogens (tertiary/aromatic N) is 3. The lowest BCUT2D eigenvalue weighted by molar-refractivity contribution is -0.342. The lowest BCUT2D eigenvalue weighted by Crippen LogP contribution is -2.68. The largest absolute Gasteiger partial charge is 0.508 e. The summed E-state index contributed by atoms with van der Waals surface area (Å²) in [5, 5.41) is 85.1. The summed E-state index contributed by atoms with van der Waals surface area (Å²) in [6.07, 6.45) is -2.69. The Bertz CT molecular complexity index is 1810. The Morgan fingerprint density at radius 3 is 2.56 bits per heavy atom. The van der Waals surface area contributed by atoms with Crippen molar-refractivity contribution in [3.63, 3.8) is 0 Å². The molecule has 15 heteroatoms. The van der Waals surface area contributed by atoms with Gasteiger partial charge in [0.25, 0.3) is 5.91 Å². The Morgan fingerprint density at radius 1 is 1.12 bits per heavy atom. The van der Waals surface area contributed by atoms with Crippen LogP contribution in [-0.2, 0) is 33.6 Å². The number of carbonyl (C=O) groups excluding carboxylic acids is 1. The number of hydrogen-bond acceptors (Lipinski definition) is 13. The summed E-state index contributed by atoms with van der Waals surface area (Å²) >= 11 is 0. The van der Waals surface area contributed by atoms with Crippen LogP contribution < -0.4 is 9.64 Å². The molecule has 0 saturated carbocycles. The van der Waals surface area contributed by atoms with Gasteiger partial charge in [-0.2, -0.15) is 0 Å². The molecule has 280 valence electrons. The van der Waals surface area contributed by atoms with Crippen molar-refractivity contribution >= 4 is 35.6 Å². The van der Waals surface area contributed by atoms with Crippen molar-refractivity contribution in [3.8, 4) is 17.2 Å². The van der Waals surface area contributed by atoms with Crippen LogP contribution in [0.2, 0.25) is 0 Å². The molecular weight excluding hydrogens is 678 g/mol. The van der Waals surface area contributed by atoms with Gasteiger partial charge in [-0.3, -0.25) is 19.7 Å². The average molecular weight is 724 g/mol. The smallest absolute Gasteiger partial charge is 0.330 e. The van der Waals surface area contributed by atoms with Crippen LogP contribution in [0, 0.1) is 5.92 Å². The molecule has 7 atom stereocenters. The van der Waals surface area contributed by atoms with Crippen LogP contribution in [0.1, 0.15) is 61.8 Å². The van der Waals surface area contributed by atoms with E-state index in [0.717, 1.165) is 0 Å². The lowest BCUT2D eigenvalue weighted by atomic mass is 9.85. The number of phenols is 2. The van der Waals surface area contributed by atoms with Gasteiger partial charge in [0.15, 0.2) is 11.5 Å². The average Bonchev–Trinajstić information content (AvgIpc) is 3.74. The van der Waals surface area contributed by atoms with Gasteiger partial charge in [0.2, 0.25) is 5.79 Å². The maximum absolute atomic E-state index is 14.4. The standard InChI is InChI=1S/C37H45N3O12/c1-19(2)11-24(42)7-9-36(35(49)50)15-22-14-27(44)33-25(8-10-37(52-33)34(48)32(47)31(46)28(17-41)51-37)30(22)40(36)29(45)6-4-20-3-5-26(43)21(12-20)13-23-16-38-18-39-23/h3-6,12,14,16,19,24,28,31-32,34,41-44,46-48H,7-11,13,15,17-18H2,1-2H3,(H,49,50)/b6-4+/t24-,28-,31-,32+,34-,36-,37+/m1/s1. The molecule has 4 aliphatic rings. The first-order valence-corrected chi connectivity index (χ1v) is 17.4. The quantitative estimate of drug-likeness (QED) is 0.153. The molecule has 15 nitrogen and oxygen atoms in total. The summed E-state index contributed by atoms with van der Waals surface area (Å²) in [5.41, 5.74) is 0.706. The number of carboxylic acid groups (broad SMARTS) is 1. The van der Waals surface area contributed by atoms with Gasteiger partial charge in [0.1, 0.15) is 42.4 Å². The highest BCUT2D eigenvalue weighted by atomic mass is 16.7. The molecule has 1 saturated heterocycles. The van der Waals surface area contributed by atoms with E-state index in [9.17, 15) is 50.4 Å². The highest BCUT2D eigenvalue weighted by molar-refractivity contribution is 6.32. The Hall–Kier alpha value is -4.38. The molecule has 0 bridgehead atoms. The number of aliphatic hydroxyl groups excluding tert-OH is 5. The topological polar surface area (TPSA) is 242 Å². The third-order valence-electron chi connectivity index (χ3n) is 10.3. The fourth-order valence-electron chi connectivity index (χ4n) is 7.72. The van der Waals surface area contributed by atoms with Crippen molar-refractivity contribution in [1.82, 2.24) is 0 Å². The van der Waals surface area contributed by atoms with Crippen molar-refractivity contribution in [3.05, 3.63) is 52.6 Å². The Balaban J connectivity index is 1.40. The summed E-state index contributed by atoms with van der Waals surface area (Å²) in [7, 11) is 0. The fraction of sp³-hybridized carbons (Fsp3) is 0.514. The highest BCUT2D eigenvalue weighted by Gasteiger charge is 2.59. The van der Waals surface area contributed by atoms with Crippen LogP contribution in [0.15, 0.2) is 40.3 Å². The number of ether oxygens (including phenoxy) is 2. The fourth-order valence-corrected chi connectivity index (χ4v) is 7.72. The zero-order chi connectivity index (χ0) is 37.5. The first kappa shape index (κ1) is 37.4. The van der Waals surface area contributed by atoms with E-state index in [4.69, 9.17) is 9.47 Å². The molecule has 4 heterocycles.